The van der Waals surface area contributed by atoms with Gasteiger partial charge >= 0.3 is 5.97 Å². The molecule has 2 unspecified atom stereocenters. The third-order valence-electron chi connectivity index (χ3n) is 3.65. The number of carbonyl (C=O) groups is 1. The van der Waals surface area contributed by atoms with Gasteiger partial charge in [-0.05, 0) is 31.6 Å². The van der Waals surface area contributed by atoms with Gasteiger partial charge in [-0.3, -0.25) is 9.69 Å². The van der Waals surface area contributed by atoms with E-state index in [2.05, 4.69) is 9.64 Å². The zero-order valence-electron chi connectivity index (χ0n) is 10.0. The lowest BCUT2D eigenvalue weighted by Gasteiger charge is -2.36. The molecule has 1 heterocycles. The van der Waals surface area contributed by atoms with Crippen molar-refractivity contribution in [2.75, 3.05) is 20.2 Å². The molecule has 1 aliphatic carbocycles. The highest BCUT2D eigenvalue weighted by Crippen LogP contribution is 2.31. The molecule has 92 valence electrons. The molecule has 0 aromatic rings. The molecular weight excluding hydrogens is 204 g/mol. The Morgan fingerprint density at radius 1 is 1.44 bits per heavy atom. The van der Waals surface area contributed by atoms with E-state index >= 15 is 0 Å². The predicted octanol–water partition coefficient (Wildman–Crippen LogP) is 0.751. The summed E-state index contributed by atoms with van der Waals surface area (Å²) in [6.07, 6.45) is 5.17. The van der Waals surface area contributed by atoms with Crippen LogP contribution in [-0.4, -0.2) is 43.2 Å². The molecule has 2 atom stereocenters. The van der Waals surface area contributed by atoms with Gasteiger partial charge in [0.1, 0.15) is 0 Å². The Bertz CT molecular complexity index is 253. The van der Waals surface area contributed by atoms with E-state index in [0.717, 1.165) is 32.0 Å². The molecular formula is C12H22N2O2. The zero-order chi connectivity index (χ0) is 11.5. The van der Waals surface area contributed by atoms with Crippen molar-refractivity contribution in [2.45, 2.75) is 44.2 Å². The fraction of sp³-hybridized carbons (Fsp3) is 0.917. The van der Waals surface area contributed by atoms with Crippen LogP contribution in [0.25, 0.3) is 0 Å². The maximum atomic E-state index is 11.1. The van der Waals surface area contributed by atoms with E-state index in [1.54, 1.807) is 0 Å². The fourth-order valence-electron chi connectivity index (χ4n) is 2.66. The molecule has 2 N–H and O–H groups in total. The summed E-state index contributed by atoms with van der Waals surface area (Å²) in [5, 5.41) is 0. The number of ether oxygens (including phenoxy) is 1. The molecule has 0 spiro atoms. The summed E-state index contributed by atoms with van der Waals surface area (Å²) in [4.78, 5) is 13.6. The van der Waals surface area contributed by atoms with Crippen molar-refractivity contribution < 1.29 is 9.53 Å². The van der Waals surface area contributed by atoms with Crippen LogP contribution >= 0.6 is 0 Å². The molecule has 0 radical (unpaired) electrons. The van der Waals surface area contributed by atoms with E-state index in [9.17, 15) is 4.79 Å². The fourth-order valence-corrected chi connectivity index (χ4v) is 2.66. The molecule has 2 rings (SSSR count). The van der Waals surface area contributed by atoms with Gasteiger partial charge in [0.15, 0.2) is 0 Å². The van der Waals surface area contributed by atoms with Crippen LogP contribution in [0.5, 0.6) is 0 Å². The first-order chi connectivity index (χ1) is 7.69. The van der Waals surface area contributed by atoms with Gasteiger partial charge in [-0.15, -0.1) is 0 Å². The highest BCUT2D eigenvalue weighted by Gasteiger charge is 2.34. The number of methoxy groups -OCH3 is 1. The Balaban J connectivity index is 1.77. The number of carbonyl (C=O) groups excluding carboxylic acids is 1. The van der Waals surface area contributed by atoms with Crippen LogP contribution in [0.2, 0.25) is 0 Å². The van der Waals surface area contributed by atoms with Crippen molar-refractivity contribution >= 4 is 5.97 Å². The highest BCUT2D eigenvalue weighted by atomic mass is 16.5. The minimum Gasteiger partial charge on any atom is -0.469 e. The van der Waals surface area contributed by atoms with E-state index in [1.807, 2.05) is 0 Å². The van der Waals surface area contributed by atoms with Gasteiger partial charge in [-0.2, -0.15) is 0 Å². The Hall–Kier alpha value is -0.610. The predicted molar refractivity (Wildman–Crippen MR) is 61.9 cm³/mol. The van der Waals surface area contributed by atoms with E-state index in [0.29, 0.717) is 12.3 Å². The SMILES string of the molecule is COC(=O)CCC1CC(N)CN(C2CC2)C1. The normalized spacial score (nSPS) is 31.4. The summed E-state index contributed by atoms with van der Waals surface area (Å²) < 4.78 is 4.67. The van der Waals surface area contributed by atoms with Crippen molar-refractivity contribution in [3.8, 4) is 0 Å². The minimum absolute atomic E-state index is 0.0999. The van der Waals surface area contributed by atoms with Crippen molar-refractivity contribution in [1.29, 1.82) is 0 Å². The average molecular weight is 226 g/mol. The van der Waals surface area contributed by atoms with Crippen LogP contribution < -0.4 is 5.73 Å². The first-order valence-electron chi connectivity index (χ1n) is 6.25. The summed E-state index contributed by atoms with van der Waals surface area (Å²) in [5.41, 5.74) is 6.06. The number of hydrogen-bond donors (Lipinski definition) is 1. The smallest absolute Gasteiger partial charge is 0.305 e. The van der Waals surface area contributed by atoms with Crippen LogP contribution in [0.1, 0.15) is 32.1 Å². The van der Waals surface area contributed by atoms with Crippen molar-refractivity contribution in [3.05, 3.63) is 0 Å². The molecule has 4 heteroatoms. The van der Waals surface area contributed by atoms with Gasteiger partial charge in [-0.1, -0.05) is 0 Å². The number of nitrogens with zero attached hydrogens (tertiary/aromatic N) is 1. The van der Waals surface area contributed by atoms with E-state index in [4.69, 9.17) is 5.73 Å². The second-order valence-electron chi connectivity index (χ2n) is 5.16. The highest BCUT2D eigenvalue weighted by molar-refractivity contribution is 5.69. The largest absolute Gasteiger partial charge is 0.469 e. The lowest BCUT2D eigenvalue weighted by atomic mass is 9.90. The van der Waals surface area contributed by atoms with E-state index < -0.39 is 0 Å². The van der Waals surface area contributed by atoms with Crippen LogP contribution in [0, 0.1) is 5.92 Å². The molecule has 1 saturated carbocycles. The number of nitrogens with two attached hydrogens (primary N) is 1. The molecule has 1 aliphatic heterocycles. The molecule has 1 saturated heterocycles. The Morgan fingerprint density at radius 2 is 2.19 bits per heavy atom. The van der Waals surface area contributed by atoms with Gasteiger partial charge in [-0.25, -0.2) is 0 Å². The minimum atomic E-state index is -0.0999. The molecule has 0 aromatic carbocycles. The molecule has 2 aliphatic rings. The quantitative estimate of drug-likeness (QED) is 0.719. The van der Waals surface area contributed by atoms with Gasteiger partial charge in [0.2, 0.25) is 0 Å². The van der Waals surface area contributed by atoms with Crippen LogP contribution in [0.15, 0.2) is 0 Å². The second kappa shape index (κ2) is 5.15. The van der Waals surface area contributed by atoms with Crippen LogP contribution in [-0.2, 0) is 9.53 Å². The first kappa shape index (κ1) is 11.9. The summed E-state index contributed by atoms with van der Waals surface area (Å²) >= 11 is 0. The van der Waals surface area contributed by atoms with Gasteiger partial charge in [0, 0.05) is 31.6 Å². The lowest BCUT2D eigenvalue weighted by molar-refractivity contribution is -0.141. The maximum Gasteiger partial charge on any atom is 0.305 e. The van der Waals surface area contributed by atoms with E-state index in [-0.39, 0.29) is 12.0 Å². The summed E-state index contributed by atoms with van der Waals surface area (Å²) in [6.45, 7) is 2.16. The maximum absolute atomic E-state index is 11.1. The number of esters is 1. The Morgan fingerprint density at radius 3 is 2.81 bits per heavy atom. The third kappa shape index (κ3) is 3.19. The van der Waals surface area contributed by atoms with Gasteiger partial charge in [0.25, 0.3) is 0 Å². The molecule has 0 bridgehead atoms. The summed E-state index contributed by atoms with van der Waals surface area (Å²) in [5.74, 6) is 0.473. The lowest BCUT2D eigenvalue weighted by Crippen LogP contribution is -2.47. The van der Waals surface area contributed by atoms with E-state index in [1.165, 1.54) is 20.0 Å². The second-order valence-corrected chi connectivity index (χ2v) is 5.16. The number of rotatable bonds is 4. The number of hydrogen-bond acceptors (Lipinski definition) is 4. The first-order valence-corrected chi connectivity index (χ1v) is 6.25. The Labute approximate surface area is 97.1 Å². The van der Waals surface area contributed by atoms with Crippen molar-refractivity contribution in [2.24, 2.45) is 11.7 Å². The van der Waals surface area contributed by atoms with Crippen molar-refractivity contribution in [1.82, 2.24) is 4.90 Å². The van der Waals surface area contributed by atoms with Gasteiger partial charge < -0.3 is 10.5 Å². The molecule has 4 nitrogen and oxygen atoms in total. The topological polar surface area (TPSA) is 55.6 Å². The van der Waals surface area contributed by atoms with Crippen LogP contribution in [0.4, 0.5) is 0 Å². The Kier molecular flexibility index (Phi) is 3.82. The van der Waals surface area contributed by atoms with Crippen molar-refractivity contribution in [3.63, 3.8) is 0 Å². The summed E-state index contributed by atoms with van der Waals surface area (Å²) in [6, 6.07) is 1.07. The molecule has 2 fully saturated rings. The van der Waals surface area contributed by atoms with Crippen LogP contribution in [0.3, 0.4) is 0 Å². The number of likely N-dealkylation sites (tertiary alicyclic amines) is 1. The average Bonchev–Trinajstić information content (AvgIpc) is 3.09. The standard InChI is InChI=1S/C12H22N2O2/c1-16-12(15)5-2-9-6-10(13)8-14(7-9)11-3-4-11/h9-11H,2-8,13H2,1H3. The zero-order valence-corrected chi connectivity index (χ0v) is 10.0. The molecule has 16 heavy (non-hydrogen) atoms. The molecule has 0 aromatic heterocycles. The molecule has 0 amide bonds. The summed E-state index contributed by atoms with van der Waals surface area (Å²) in [7, 11) is 1.45. The monoisotopic (exact) mass is 226 g/mol. The van der Waals surface area contributed by atoms with Gasteiger partial charge in [0.05, 0.1) is 7.11 Å². The third-order valence-corrected chi connectivity index (χ3v) is 3.65. The number of piperidine rings is 1.